The number of hydrogen-bond donors (Lipinski definition) is 1. The normalized spacial score (nSPS) is 25.4. The van der Waals surface area contributed by atoms with Gasteiger partial charge in [0, 0.05) is 25.5 Å². The third kappa shape index (κ3) is 2.29. The van der Waals surface area contributed by atoms with E-state index in [-0.39, 0.29) is 5.92 Å². The molecule has 0 spiro atoms. The van der Waals surface area contributed by atoms with Gasteiger partial charge in [0.2, 0.25) is 0 Å². The predicted molar refractivity (Wildman–Crippen MR) is 59.2 cm³/mol. The fourth-order valence-electron chi connectivity index (χ4n) is 2.17. The molecule has 2 rings (SSSR count). The third-order valence-corrected chi connectivity index (χ3v) is 2.88. The van der Waals surface area contributed by atoms with Crippen LogP contribution in [0.3, 0.4) is 0 Å². The monoisotopic (exact) mass is 221 g/mol. The molecule has 2 atom stereocenters. The first-order valence-corrected chi connectivity index (χ1v) is 5.40. The predicted octanol–water partition coefficient (Wildman–Crippen LogP) is 1.02. The minimum Gasteiger partial charge on any atom is -0.481 e. The Balaban J connectivity index is 2.14. The lowest BCUT2D eigenvalue weighted by Gasteiger charge is -2.35. The molecule has 0 bridgehead atoms. The van der Waals surface area contributed by atoms with E-state index in [1.807, 2.05) is 4.90 Å². The molecule has 2 unspecified atom stereocenters. The molecule has 1 aliphatic heterocycles. The van der Waals surface area contributed by atoms with Crippen molar-refractivity contribution in [3.63, 3.8) is 0 Å². The largest absolute Gasteiger partial charge is 0.481 e. The van der Waals surface area contributed by atoms with Gasteiger partial charge < -0.3 is 10.0 Å². The van der Waals surface area contributed by atoms with Gasteiger partial charge in [-0.3, -0.25) is 9.78 Å². The zero-order valence-corrected chi connectivity index (χ0v) is 9.21. The molecule has 0 saturated carbocycles. The van der Waals surface area contributed by atoms with Gasteiger partial charge in [-0.1, -0.05) is 6.92 Å². The van der Waals surface area contributed by atoms with Gasteiger partial charge in [0.05, 0.1) is 12.1 Å². The zero-order chi connectivity index (χ0) is 11.5. The average molecular weight is 221 g/mol. The van der Waals surface area contributed by atoms with Crippen molar-refractivity contribution in [2.24, 2.45) is 11.8 Å². The van der Waals surface area contributed by atoms with Crippen LogP contribution in [0, 0.1) is 11.8 Å². The van der Waals surface area contributed by atoms with Crippen LogP contribution in [0.25, 0.3) is 0 Å². The van der Waals surface area contributed by atoms with Gasteiger partial charge in [-0.05, 0) is 12.3 Å². The molecule has 2 heterocycles. The second kappa shape index (κ2) is 4.47. The van der Waals surface area contributed by atoms with Crippen LogP contribution < -0.4 is 4.90 Å². The molecule has 1 fully saturated rings. The first kappa shape index (κ1) is 10.9. The third-order valence-electron chi connectivity index (χ3n) is 2.88. The SMILES string of the molecule is CC1CC(C(=O)O)CN(c2cnccn2)C1. The summed E-state index contributed by atoms with van der Waals surface area (Å²) in [5.74, 6) is 0.114. The summed E-state index contributed by atoms with van der Waals surface area (Å²) in [4.78, 5) is 21.2. The Labute approximate surface area is 94.1 Å². The Hall–Kier alpha value is -1.65. The second-order valence-corrected chi connectivity index (χ2v) is 4.34. The number of rotatable bonds is 2. The van der Waals surface area contributed by atoms with Crippen LogP contribution in [0.4, 0.5) is 5.82 Å². The molecule has 5 nitrogen and oxygen atoms in total. The fourth-order valence-corrected chi connectivity index (χ4v) is 2.17. The maximum Gasteiger partial charge on any atom is 0.308 e. The Morgan fingerprint density at radius 3 is 2.94 bits per heavy atom. The minimum absolute atomic E-state index is 0.300. The van der Waals surface area contributed by atoms with Gasteiger partial charge in [0.1, 0.15) is 5.82 Å². The van der Waals surface area contributed by atoms with Crippen molar-refractivity contribution in [3.8, 4) is 0 Å². The summed E-state index contributed by atoms with van der Waals surface area (Å²) >= 11 is 0. The smallest absolute Gasteiger partial charge is 0.308 e. The summed E-state index contributed by atoms with van der Waals surface area (Å²) in [7, 11) is 0. The van der Waals surface area contributed by atoms with E-state index in [1.54, 1.807) is 18.6 Å². The molecule has 1 aromatic heterocycles. The quantitative estimate of drug-likeness (QED) is 0.807. The van der Waals surface area contributed by atoms with Crippen molar-refractivity contribution in [1.29, 1.82) is 0 Å². The highest BCUT2D eigenvalue weighted by Crippen LogP contribution is 2.24. The molecule has 5 heteroatoms. The maximum absolute atomic E-state index is 11.0. The van der Waals surface area contributed by atoms with Crippen molar-refractivity contribution < 1.29 is 9.90 Å². The lowest BCUT2D eigenvalue weighted by atomic mass is 9.90. The Kier molecular flexibility index (Phi) is 3.03. The zero-order valence-electron chi connectivity index (χ0n) is 9.21. The first-order chi connectivity index (χ1) is 7.66. The van der Waals surface area contributed by atoms with Crippen molar-refractivity contribution in [3.05, 3.63) is 18.6 Å². The number of carbonyl (C=O) groups is 1. The maximum atomic E-state index is 11.0. The minimum atomic E-state index is -0.722. The molecule has 86 valence electrons. The number of nitrogens with zero attached hydrogens (tertiary/aromatic N) is 3. The highest BCUT2D eigenvalue weighted by Gasteiger charge is 2.29. The topological polar surface area (TPSA) is 66.3 Å². The van der Waals surface area contributed by atoms with Crippen LogP contribution in [-0.4, -0.2) is 34.1 Å². The van der Waals surface area contributed by atoms with E-state index in [9.17, 15) is 4.79 Å². The van der Waals surface area contributed by atoms with Crippen LogP contribution >= 0.6 is 0 Å². The van der Waals surface area contributed by atoms with E-state index in [2.05, 4.69) is 16.9 Å². The van der Waals surface area contributed by atoms with E-state index in [4.69, 9.17) is 5.11 Å². The highest BCUT2D eigenvalue weighted by molar-refractivity contribution is 5.71. The molecular formula is C11H15N3O2. The molecule has 0 aliphatic carbocycles. The standard InChI is InChI=1S/C11H15N3O2/c1-8-4-9(11(15)16)7-14(6-8)10-5-12-2-3-13-10/h2-3,5,8-9H,4,6-7H2,1H3,(H,15,16). The van der Waals surface area contributed by atoms with Crippen molar-refractivity contribution in [1.82, 2.24) is 9.97 Å². The van der Waals surface area contributed by atoms with Crippen molar-refractivity contribution in [2.75, 3.05) is 18.0 Å². The number of aliphatic carboxylic acids is 1. The molecule has 0 radical (unpaired) electrons. The van der Waals surface area contributed by atoms with Gasteiger partial charge in [0.15, 0.2) is 0 Å². The number of carboxylic acid groups (broad SMARTS) is 1. The van der Waals surface area contributed by atoms with E-state index in [1.165, 1.54) is 0 Å². The summed E-state index contributed by atoms with van der Waals surface area (Å²) in [6.07, 6.45) is 5.67. The van der Waals surface area contributed by atoms with Gasteiger partial charge in [-0.25, -0.2) is 4.98 Å². The summed E-state index contributed by atoms with van der Waals surface area (Å²) in [5, 5.41) is 9.06. The average Bonchev–Trinajstić information content (AvgIpc) is 2.29. The number of hydrogen-bond acceptors (Lipinski definition) is 4. The van der Waals surface area contributed by atoms with Crippen LogP contribution in [0.1, 0.15) is 13.3 Å². The fraction of sp³-hybridized carbons (Fsp3) is 0.545. The van der Waals surface area contributed by atoms with Crippen LogP contribution in [0.5, 0.6) is 0 Å². The van der Waals surface area contributed by atoms with E-state index in [0.717, 1.165) is 18.8 Å². The van der Waals surface area contributed by atoms with E-state index in [0.29, 0.717) is 12.5 Å². The lowest BCUT2D eigenvalue weighted by molar-refractivity contribution is -0.142. The Morgan fingerprint density at radius 1 is 1.50 bits per heavy atom. The summed E-state index contributed by atoms with van der Waals surface area (Å²) in [5.41, 5.74) is 0. The molecule has 0 amide bonds. The molecule has 0 aromatic carbocycles. The van der Waals surface area contributed by atoms with Crippen LogP contribution in [-0.2, 0) is 4.79 Å². The van der Waals surface area contributed by atoms with Gasteiger partial charge in [-0.2, -0.15) is 0 Å². The molecule has 1 aromatic rings. The molecule has 1 saturated heterocycles. The molecule has 16 heavy (non-hydrogen) atoms. The van der Waals surface area contributed by atoms with E-state index < -0.39 is 5.97 Å². The van der Waals surface area contributed by atoms with Crippen molar-refractivity contribution in [2.45, 2.75) is 13.3 Å². The molecule has 1 aliphatic rings. The molecular weight excluding hydrogens is 206 g/mol. The molecule has 1 N–H and O–H groups in total. The van der Waals surface area contributed by atoms with Crippen LogP contribution in [0.15, 0.2) is 18.6 Å². The van der Waals surface area contributed by atoms with Crippen molar-refractivity contribution >= 4 is 11.8 Å². The van der Waals surface area contributed by atoms with E-state index >= 15 is 0 Å². The van der Waals surface area contributed by atoms with Crippen LogP contribution in [0.2, 0.25) is 0 Å². The lowest BCUT2D eigenvalue weighted by Crippen LogP contribution is -2.42. The van der Waals surface area contributed by atoms with Gasteiger partial charge >= 0.3 is 5.97 Å². The number of carboxylic acids is 1. The highest BCUT2D eigenvalue weighted by atomic mass is 16.4. The number of aromatic nitrogens is 2. The first-order valence-electron chi connectivity index (χ1n) is 5.40. The Bertz CT molecular complexity index is 369. The van der Waals surface area contributed by atoms with Gasteiger partial charge in [0.25, 0.3) is 0 Å². The summed E-state index contributed by atoms with van der Waals surface area (Å²) in [6.45, 7) is 3.44. The summed E-state index contributed by atoms with van der Waals surface area (Å²) < 4.78 is 0. The number of piperidine rings is 1. The number of anilines is 1. The Morgan fingerprint density at radius 2 is 2.31 bits per heavy atom. The summed E-state index contributed by atoms with van der Waals surface area (Å²) in [6, 6.07) is 0. The van der Waals surface area contributed by atoms with Gasteiger partial charge in [-0.15, -0.1) is 0 Å². The second-order valence-electron chi connectivity index (χ2n) is 4.34.